The number of hydrogen-bond acceptors (Lipinski definition) is 7. The summed E-state index contributed by atoms with van der Waals surface area (Å²) in [5, 5.41) is 0. The molecule has 2 aliphatic heterocycles. The molecule has 0 radical (unpaired) electrons. The third-order valence-electron chi connectivity index (χ3n) is 4.25. The fourth-order valence-electron chi connectivity index (χ4n) is 2.36. The van der Waals surface area contributed by atoms with Crippen molar-refractivity contribution in [2.75, 3.05) is 19.8 Å². The maximum atomic E-state index is 11.2. The molecule has 0 bridgehead atoms. The summed E-state index contributed by atoms with van der Waals surface area (Å²) in [6.45, 7) is 11.7. The quantitative estimate of drug-likeness (QED) is 0.547. The van der Waals surface area contributed by atoms with Crippen LogP contribution in [0.25, 0.3) is 0 Å². The number of carbonyl (C=O) groups is 2. The maximum absolute atomic E-state index is 11.2. The highest BCUT2D eigenvalue weighted by Gasteiger charge is 2.46. The van der Waals surface area contributed by atoms with Crippen molar-refractivity contribution in [3.63, 3.8) is 0 Å². The number of cyclic esters (lactones) is 2. The second-order valence-electron chi connectivity index (χ2n) is 6.03. The molecule has 0 aromatic rings. The van der Waals surface area contributed by atoms with Crippen molar-refractivity contribution in [3.8, 4) is 0 Å². The Bertz CT molecular complexity index is 505. The largest absolute Gasteiger partial charge is 0.514 e. The van der Waals surface area contributed by atoms with Crippen LogP contribution >= 0.6 is 0 Å². The van der Waals surface area contributed by atoms with E-state index in [2.05, 4.69) is 13.2 Å². The van der Waals surface area contributed by atoms with Crippen LogP contribution in [0.5, 0.6) is 0 Å². The van der Waals surface area contributed by atoms with Crippen molar-refractivity contribution >= 4 is 12.1 Å². The first-order valence-corrected chi connectivity index (χ1v) is 7.45. The number of ether oxygens (including phenoxy) is 5. The summed E-state index contributed by atoms with van der Waals surface area (Å²) in [6.07, 6.45) is 0.807. The third-order valence-corrected chi connectivity index (χ3v) is 4.25. The molecule has 0 aromatic heterocycles. The average Bonchev–Trinajstić information content (AvgIpc) is 2.78. The van der Waals surface area contributed by atoms with Gasteiger partial charge in [-0.25, -0.2) is 9.59 Å². The van der Waals surface area contributed by atoms with Gasteiger partial charge in [-0.2, -0.15) is 0 Å². The predicted molar refractivity (Wildman–Crippen MR) is 79.3 cm³/mol. The Hall–Kier alpha value is -1.86. The Labute approximate surface area is 135 Å². The topological polar surface area (TPSA) is 80.3 Å². The predicted octanol–water partition coefficient (Wildman–Crippen LogP) is 2.31. The lowest BCUT2D eigenvalue weighted by Gasteiger charge is -2.40. The van der Waals surface area contributed by atoms with E-state index >= 15 is 0 Å². The van der Waals surface area contributed by atoms with Crippen LogP contribution in [0.4, 0.5) is 4.79 Å². The van der Waals surface area contributed by atoms with Crippen LogP contribution in [0.2, 0.25) is 0 Å². The van der Waals surface area contributed by atoms with E-state index in [0.29, 0.717) is 13.2 Å². The Morgan fingerprint density at radius 3 is 2.57 bits per heavy atom. The second kappa shape index (κ2) is 6.72. The molecule has 0 aromatic carbocycles. The molecule has 2 fully saturated rings. The molecule has 2 heterocycles. The van der Waals surface area contributed by atoms with E-state index in [4.69, 9.17) is 23.7 Å². The Morgan fingerprint density at radius 1 is 1.43 bits per heavy atom. The van der Waals surface area contributed by atoms with E-state index in [1.54, 1.807) is 6.92 Å². The molecule has 23 heavy (non-hydrogen) atoms. The summed E-state index contributed by atoms with van der Waals surface area (Å²) < 4.78 is 26.6. The molecule has 0 spiro atoms. The van der Waals surface area contributed by atoms with Crippen LogP contribution in [0.1, 0.15) is 26.7 Å². The summed E-state index contributed by atoms with van der Waals surface area (Å²) in [5.41, 5.74) is -1.36. The van der Waals surface area contributed by atoms with Gasteiger partial charge in [-0.3, -0.25) is 0 Å². The normalized spacial score (nSPS) is 33.7. The van der Waals surface area contributed by atoms with Crippen molar-refractivity contribution in [2.24, 2.45) is 5.41 Å². The van der Waals surface area contributed by atoms with E-state index in [0.717, 1.165) is 12.5 Å². The van der Waals surface area contributed by atoms with Crippen LogP contribution in [0.3, 0.4) is 0 Å². The van der Waals surface area contributed by atoms with Gasteiger partial charge in [-0.1, -0.05) is 20.1 Å². The number of esters is 1. The molecule has 128 valence electrons. The average molecular weight is 326 g/mol. The van der Waals surface area contributed by atoms with Gasteiger partial charge in [-0.15, -0.1) is 0 Å². The second-order valence-corrected chi connectivity index (χ2v) is 6.03. The van der Waals surface area contributed by atoms with Crippen molar-refractivity contribution in [1.82, 2.24) is 0 Å². The van der Waals surface area contributed by atoms with E-state index in [-0.39, 0.29) is 18.8 Å². The summed E-state index contributed by atoms with van der Waals surface area (Å²) in [7, 11) is 0. The van der Waals surface area contributed by atoms with Gasteiger partial charge in [0.2, 0.25) is 0 Å². The molecular formula is C16H22O7. The maximum Gasteiger partial charge on any atom is 0.514 e. The van der Waals surface area contributed by atoms with E-state index in [1.165, 1.54) is 0 Å². The molecule has 2 aliphatic rings. The fourth-order valence-corrected chi connectivity index (χ4v) is 2.36. The molecular weight excluding hydrogens is 304 g/mol. The molecule has 2 saturated heterocycles. The van der Waals surface area contributed by atoms with Gasteiger partial charge >= 0.3 is 12.1 Å². The highest BCUT2D eigenvalue weighted by Crippen LogP contribution is 2.37. The molecule has 1 atom stereocenters. The minimum absolute atomic E-state index is 0.198. The van der Waals surface area contributed by atoms with Gasteiger partial charge in [0.25, 0.3) is 0 Å². The summed E-state index contributed by atoms with van der Waals surface area (Å²) in [4.78, 5) is 22.4. The molecule has 0 N–H and O–H groups in total. The molecule has 1 unspecified atom stereocenters. The zero-order valence-corrected chi connectivity index (χ0v) is 13.5. The summed E-state index contributed by atoms with van der Waals surface area (Å²) in [5.74, 6) is -0.235. The molecule has 7 nitrogen and oxygen atoms in total. The van der Waals surface area contributed by atoms with Crippen LogP contribution in [0, 0.1) is 5.41 Å². The molecule has 2 rings (SSSR count). The molecule has 0 amide bonds. The first-order valence-electron chi connectivity index (χ1n) is 7.45. The molecule has 0 saturated carbocycles. The van der Waals surface area contributed by atoms with Crippen LogP contribution in [-0.2, 0) is 28.5 Å². The monoisotopic (exact) mass is 326 g/mol. The van der Waals surface area contributed by atoms with Crippen molar-refractivity contribution in [3.05, 3.63) is 25.0 Å². The highest BCUT2D eigenvalue weighted by molar-refractivity contribution is 5.81. The van der Waals surface area contributed by atoms with E-state index < -0.39 is 29.4 Å². The van der Waals surface area contributed by atoms with Crippen LogP contribution < -0.4 is 0 Å². The van der Waals surface area contributed by atoms with Gasteiger partial charge < -0.3 is 23.7 Å². The lowest BCUT2D eigenvalue weighted by molar-refractivity contribution is -0.249. The lowest BCUT2D eigenvalue weighted by Crippen LogP contribution is -2.47. The first kappa shape index (κ1) is 17.5. The van der Waals surface area contributed by atoms with E-state index in [9.17, 15) is 9.59 Å². The number of rotatable bonds is 6. The lowest BCUT2D eigenvalue weighted by atomic mass is 9.87. The van der Waals surface area contributed by atoms with Gasteiger partial charge in [-0.05, 0) is 13.3 Å². The smallest absolute Gasteiger partial charge is 0.462 e. The van der Waals surface area contributed by atoms with Crippen molar-refractivity contribution < 1.29 is 33.3 Å². The standard InChI is InChI=1S/C16H22O7/c1-5-12(17)19-8-16(6-2)9-20-13(21-10-16)7-15(4)11(3)22-14(18)23-15/h5,13H,1,3,6-10H2,2,4H3. The first-order chi connectivity index (χ1) is 10.8. The Morgan fingerprint density at radius 2 is 2.09 bits per heavy atom. The fraction of sp³-hybridized carbons (Fsp3) is 0.625. The number of hydrogen-bond donors (Lipinski definition) is 0. The van der Waals surface area contributed by atoms with Crippen LogP contribution in [-0.4, -0.2) is 43.8 Å². The summed E-state index contributed by atoms with van der Waals surface area (Å²) in [6, 6.07) is 0. The summed E-state index contributed by atoms with van der Waals surface area (Å²) >= 11 is 0. The SMILES string of the molecule is C=CC(=O)OCC1(CC)COC(CC2(C)OC(=O)OC2=C)OC1. The minimum atomic E-state index is -0.969. The number of carbonyl (C=O) groups excluding carboxylic acids is 2. The van der Waals surface area contributed by atoms with E-state index in [1.807, 2.05) is 6.92 Å². The van der Waals surface area contributed by atoms with Gasteiger partial charge in [0.05, 0.1) is 18.6 Å². The minimum Gasteiger partial charge on any atom is -0.462 e. The molecule has 0 aliphatic carbocycles. The zero-order valence-electron chi connectivity index (χ0n) is 13.5. The Kier molecular flexibility index (Phi) is 5.11. The van der Waals surface area contributed by atoms with Crippen molar-refractivity contribution in [2.45, 2.75) is 38.6 Å². The highest BCUT2D eigenvalue weighted by atomic mass is 16.8. The Balaban J connectivity index is 1.89. The van der Waals surface area contributed by atoms with Gasteiger partial charge in [0.1, 0.15) is 12.4 Å². The van der Waals surface area contributed by atoms with Crippen molar-refractivity contribution in [1.29, 1.82) is 0 Å². The van der Waals surface area contributed by atoms with Gasteiger partial charge in [0, 0.05) is 12.5 Å². The van der Waals surface area contributed by atoms with Gasteiger partial charge in [0.15, 0.2) is 11.9 Å². The third kappa shape index (κ3) is 3.92. The zero-order chi connectivity index (χ0) is 17.1. The molecule has 7 heteroatoms. The van der Waals surface area contributed by atoms with Crippen LogP contribution in [0.15, 0.2) is 25.0 Å².